The topological polar surface area (TPSA) is 74.7 Å². The Labute approximate surface area is 124 Å². The number of benzene rings is 1. The fraction of sp³-hybridized carbons (Fsp3) is 0.533. The molecule has 2 fully saturated rings. The van der Waals surface area contributed by atoms with Crippen LogP contribution in [-0.2, 0) is 20.2 Å². The second-order valence-corrected chi connectivity index (χ2v) is 8.19. The summed E-state index contributed by atoms with van der Waals surface area (Å²) in [6.45, 7) is 0.559. The SMILES string of the molecule is CN(CC1CC1)S(=O)(=O)c1ccc(C2(C(=O)O)CC2)cc1. The summed E-state index contributed by atoms with van der Waals surface area (Å²) in [7, 11) is -1.87. The number of rotatable bonds is 6. The van der Waals surface area contributed by atoms with Gasteiger partial charge in [0.25, 0.3) is 0 Å². The van der Waals surface area contributed by atoms with Crippen LogP contribution < -0.4 is 0 Å². The molecule has 0 aromatic heterocycles. The van der Waals surface area contributed by atoms with E-state index in [9.17, 15) is 18.3 Å². The lowest BCUT2D eigenvalue weighted by atomic mass is 9.96. The van der Waals surface area contributed by atoms with Crippen LogP contribution in [-0.4, -0.2) is 37.4 Å². The van der Waals surface area contributed by atoms with Gasteiger partial charge in [0.2, 0.25) is 10.0 Å². The van der Waals surface area contributed by atoms with Crippen molar-refractivity contribution in [3.8, 4) is 0 Å². The molecule has 0 atom stereocenters. The van der Waals surface area contributed by atoms with Gasteiger partial charge in [-0.15, -0.1) is 0 Å². The van der Waals surface area contributed by atoms with Gasteiger partial charge in [-0.1, -0.05) is 12.1 Å². The second kappa shape index (κ2) is 4.81. The molecule has 6 heteroatoms. The molecule has 1 aromatic carbocycles. The first kappa shape index (κ1) is 14.5. The van der Waals surface area contributed by atoms with Gasteiger partial charge in [0.1, 0.15) is 0 Å². The summed E-state index contributed by atoms with van der Waals surface area (Å²) in [5, 5.41) is 9.25. The van der Waals surface area contributed by atoms with E-state index in [0.29, 0.717) is 30.9 Å². The van der Waals surface area contributed by atoms with Crippen LogP contribution in [0.5, 0.6) is 0 Å². The lowest BCUT2D eigenvalue weighted by molar-refractivity contribution is -0.140. The molecule has 1 N–H and O–H groups in total. The molecule has 0 aliphatic heterocycles. The summed E-state index contributed by atoms with van der Waals surface area (Å²) in [4.78, 5) is 11.5. The summed E-state index contributed by atoms with van der Waals surface area (Å²) in [6.07, 6.45) is 3.44. The van der Waals surface area contributed by atoms with Crippen LogP contribution >= 0.6 is 0 Å². The first-order chi connectivity index (χ1) is 9.86. The van der Waals surface area contributed by atoms with E-state index in [1.54, 1.807) is 19.2 Å². The average Bonchev–Trinajstić information content (AvgIpc) is 3.33. The fourth-order valence-corrected chi connectivity index (χ4v) is 3.89. The van der Waals surface area contributed by atoms with E-state index in [-0.39, 0.29) is 4.90 Å². The first-order valence-corrected chi connectivity index (χ1v) is 8.60. The summed E-state index contributed by atoms with van der Waals surface area (Å²) in [6, 6.07) is 6.33. The highest BCUT2D eigenvalue weighted by atomic mass is 32.2. The van der Waals surface area contributed by atoms with E-state index in [4.69, 9.17) is 0 Å². The molecule has 1 aromatic rings. The number of hydrogen-bond donors (Lipinski definition) is 1. The van der Waals surface area contributed by atoms with E-state index < -0.39 is 21.4 Å². The Kier molecular flexibility index (Phi) is 3.33. The smallest absolute Gasteiger partial charge is 0.314 e. The third kappa shape index (κ3) is 2.58. The van der Waals surface area contributed by atoms with Crippen molar-refractivity contribution in [2.24, 2.45) is 5.92 Å². The van der Waals surface area contributed by atoms with Crippen LogP contribution in [0, 0.1) is 5.92 Å². The molecule has 5 nitrogen and oxygen atoms in total. The molecule has 0 unspecified atom stereocenters. The number of aliphatic carboxylic acids is 1. The molecule has 0 heterocycles. The zero-order valence-corrected chi connectivity index (χ0v) is 12.8. The number of sulfonamides is 1. The van der Waals surface area contributed by atoms with Crippen molar-refractivity contribution in [3.63, 3.8) is 0 Å². The van der Waals surface area contributed by atoms with Crippen LogP contribution in [0.25, 0.3) is 0 Å². The van der Waals surface area contributed by atoms with Crippen LogP contribution in [0.3, 0.4) is 0 Å². The molecule has 0 bridgehead atoms. The number of carboxylic acids is 1. The lowest BCUT2D eigenvalue weighted by Gasteiger charge is -2.17. The summed E-state index contributed by atoms with van der Waals surface area (Å²) in [5.41, 5.74) is -0.0961. The second-order valence-electron chi connectivity index (χ2n) is 6.14. The highest BCUT2D eigenvalue weighted by Gasteiger charge is 2.51. The zero-order chi connectivity index (χ0) is 15.3. The van der Waals surface area contributed by atoms with Crippen molar-refractivity contribution in [3.05, 3.63) is 29.8 Å². The van der Waals surface area contributed by atoms with Crippen LogP contribution in [0.1, 0.15) is 31.2 Å². The minimum absolute atomic E-state index is 0.232. The predicted octanol–water partition coefficient (Wildman–Crippen LogP) is 1.83. The maximum atomic E-state index is 12.4. The fourth-order valence-electron chi connectivity index (χ4n) is 2.64. The Morgan fingerprint density at radius 1 is 1.29 bits per heavy atom. The standard InChI is InChI=1S/C15H19NO4S/c1-16(10-11-2-3-11)21(19,20)13-6-4-12(5-7-13)15(8-9-15)14(17)18/h4-7,11H,2-3,8-10H2,1H3,(H,17,18). The molecule has 3 rings (SSSR count). The van der Waals surface area contributed by atoms with E-state index in [1.807, 2.05) is 0 Å². The monoisotopic (exact) mass is 309 g/mol. The largest absolute Gasteiger partial charge is 0.481 e. The Morgan fingerprint density at radius 2 is 1.86 bits per heavy atom. The molecular weight excluding hydrogens is 290 g/mol. The molecular formula is C15H19NO4S. The molecule has 21 heavy (non-hydrogen) atoms. The minimum atomic E-state index is -3.47. The Morgan fingerprint density at radius 3 is 2.29 bits per heavy atom. The minimum Gasteiger partial charge on any atom is -0.481 e. The summed E-state index contributed by atoms with van der Waals surface area (Å²) in [5.74, 6) is -0.338. The van der Waals surface area contributed by atoms with Gasteiger partial charge in [-0.3, -0.25) is 4.79 Å². The Bertz CT molecular complexity index is 657. The first-order valence-electron chi connectivity index (χ1n) is 7.16. The molecule has 2 aliphatic rings. The van der Waals surface area contributed by atoms with E-state index in [2.05, 4.69) is 0 Å². The van der Waals surface area contributed by atoms with Crippen LogP contribution in [0.15, 0.2) is 29.2 Å². The van der Waals surface area contributed by atoms with Gasteiger partial charge < -0.3 is 5.11 Å². The maximum absolute atomic E-state index is 12.4. The molecule has 0 amide bonds. The zero-order valence-electron chi connectivity index (χ0n) is 11.9. The molecule has 0 radical (unpaired) electrons. The van der Waals surface area contributed by atoms with Crippen molar-refractivity contribution < 1.29 is 18.3 Å². The van der Waals surface area contributed by atoms with Gasteiger partial charge in [-0.2, -0.15) is 0 Å². The third-order valence-electron chi connectivity index (χ3n) is 4.49. The number of carboxylic acid groups (broad SMARTS) is 1. The van der Waals surface area contributed by atoms with Crippen molar-refractivity contribution in [1.82, 2.24) is 4.31 Å². The average molecular weight is 309 g/mol. The lowest BCUT2D eigenvalue weighted by Crippen LogP contribution is -2.29. The highest BCUT2D eigenvalue weighted by molar-refractivity contribution is 7.89. The molecule has 2 saturated carbocycles. The van der Waals surface area contributed by atoms with Gasteiger partial charge in [0.05, 0.1) is 10.3 Å². The van der Waals surface area contributed by atoms with E-state index >= 15 is 0 Å². The Hall–Kier alpha value is -1.40. The van der Waals surface area contributed by atoms with Gasteiger partial charge in [0.15, 0.2) is 0 Å². The molecule has 114 valence electrons. The predicted molar refractivity (Wildman–Crippen MR) is 77.5 cm³/mol. The van der Waals surface area contributed by atoms with Gasteiger partial charge >= 0.3 is 5.97 Å². The highest BCUT2D eigenvalue weighted by Crippen LogP contribution is 2.48. The van der Waals surface area contributed by atoms with Crippen molar-refractivity contribution >= 4 is 16.0 Å². The van der Waals surface area contributed by atoms with Crippen molar-refractivity contribution in [2.45, 2.75) is 36.0 Å². The van der Waals surface area contributed by atoms with E-state index in [0.717, 1.165) is 12.8 Å². The van der Waals surface area contributed by atoms with Crippen molar-refractivity contribution in [1.29, 1.82) is 0 Å². The normalized spacial score (nSPS) is 20.5. The number of nitrogens with zero attached hydrogens (tertiary/aromatic N) is 1. The van der Waals surface area contributed by atoms with Gasteiger partial charge in [0, 0.05) is 13.6 Å². The summed E-state index contributed by atoms with van der Waals surface area (Å²) >= 11 is 0. The molecule has 0 saturated heterocycles. The van der Waals surface area contributed by atoms with E-state index in [1.165, 1.54) is 16.4 Å². The van der Waals surface area contributed by atoms with Gasteiger partial charge in [-0.25, -0.2) is 12.7 Å². The number of carbonyl (C=O) groups is 1. The van der Waals surface area contributed by atoms with Crippen LogP contribution in [0.4, 0.5) is 0 Å². The number of hydrogen-bond acceptors (Lipinski definition) is 3. The quantitative estimate of drug-likeness (QED) is 0.870. The maximum Gasteiger partial charge on any atom is 0.314 e. The third-order valence-corrected chi connectivity index (χ3v) is 6.32. The van der Waals surface area contributed by atoms with Crippen molar-refractivity contribution in [2.75, 3.05) is 13.6 Å². The molecule has 0 spiro atoms. The Balaban J connectivity index is 1.82. The molecule has 2 aliphatic carbocycles. The van der Waals surface area contributed by atoms with Crippen LogP contribution in [0.2, 0.25) is 0 Å². The van der Waals surface area contributed by atoms with Gasteiger partial charge in [-0.05, 0) is 49.3 Å². The summed E-state index contributed by atoms with van der Waals surface area (Å²) < 4.78 is 26.2.